The lowest BCUT2D eigenvalue weighted by Crippen LogP contribution is -2.56. The predicted molar refractivity (Wildman–Crippen MR) is 143 cm³/mol. The van der Waals surface area contributed by atoms with E-state index in [1.807, 2.05) is 24.5 Å². The van der Waals surface area contributed by atoms with Crippen LogP contribution in [-0.4, -0.2) is 76.5 Å². The Hall–Kier alpha value is -3.63. The second kappa shape index (κ2) is 8.69. The molecule has 0 spiro atoms. The van der Waals surface area contributed by atoms with Crippen molar-refractivity contribution in [3.63, 3.8) is 0 Å². The van der Waals surface area contributed by atoms with Crippen molar-refractivity contribution in [3.05, 3.63) is 72.2 Å². The van der Waals surface area contributed by atoms with E-state index in [1.165, 1.54) is 18.2 Å². The van der Waals surface area contributed by atoms with Crippen LogP contribution in [0.3, 0.4) is 0 Å². The molecule has 0 unspecified atom stereocenters. The molecule has 1 saturated carbocycles. The Morgan fingerprint density at radius 3 is 2.56 bits per heavy atom. The van der Waals surface area contributed by atoms with Crippen molar-refractivity contribution in [2.45, 2.75) is 24.4 Å². The number of hydrogen-bond acceptors (Lipinski definition) is 7. The van der Waals surface area contributed by atoms with Crippen LogP contribution in [0.2, 0.25) is 0 Å². The molecule has 6 heterocycles. The van der Waals surface area contributed by atoms with Crippen LogP contribution >= 0.6 is 0 Å². The van der Waals surface area contributed by atoms with Gasteiger partial charge in [0.05, 0.1) is 54.1 Å². The Kier molecular flexibility index (Phi) is 5.19. The van der Waals surface area contributed by atoms with Crippen molar-refractivity contribution in [2.24, 2.45) is 5.92 Å². The molecule has 3 aromatic heterocycles. The minimum Gasteiger partial charge on any atom is -0.378 e. The highest BCUT2D eigenvalue weighted by Crippen LogP contribution is 2.63. The highest BCUT2D eigenvalue weighted by Gasteiger charge is 2.64. The Morgan fingerprint density at radius 1 is 0.949 bits per heavy atom. The minimum atomic E-state index is -0.534. The molecule has 200 valence electrons. The number of rotatable bonds is 5. The third kappa shape index (κ3) is 3.65. The van der Waals surface area contributed by atoms with E-state index in [0.717, 1.165) is 81.5 Å². The van der Waals surface area contributed by atoms with E-state index in [1.54, 1.807) is 10.7 Å². The average Bonchev–Trinajstić information content (AvgIpc) is 3.31. The second-order valence-corrected chi connectivity index (χ2v) is 11.1. The second-order valence-electron chi connectivity index (χ2n) is 11.1. The number of hydrogen-bond donors (Lipinski definition) is 0. The molecule has 2 atom stereocenters. The fourth-order valence-electron chi connectivity index (χ4n) is 6.80. The maximum Gasteiger partial charge on any atom is 0.166 e. The van der Waals surface area contributed by atoms with Gasteiger partial charge in [-0.2, -0.15) is 5.10 Å². The van der Waals surface area contributed by atoms with Gasteiger partial charge in [-0.15, -0.1) is 0 Å². The summed E-state index contributed by atoms with van der Waals surface area (Å²) in [6, 6.07) is 10.4. The highest BCUT2D eigenvalue weighted by atomic mass is 19.1. The van der Waals surface area contributed by atoms with Crippen molar-refractivity contribution in [1.29, 1.82) is 0 Å². The molecule has 39 heavy (non-hydrogen) atoms. The lowest BCUT2D eigenvalue weighted by Gasteiger charge is -2.43. The molecular weight excluding hydrogens is 500 g/mol. The van der Waals surface area contributed by atoms with E-state index in [9.17, 15) is 8.78 Å². The maximum atomic E-state index is 14.9. The van der Waals surface area contributed by atoms with E-state index >= 15 is 0 Å². The maximum absolute atomic E-state index is 14.9. The molecule has 1 aliphatic carbocycles. The van der Waals surface area contributed by atoms with E-state index < -0.39 is 11.4 Å². The van der Waals surface area contributed by atoms with Gasteiger partial charge in [-0.25, -0.2) is 18.3 Å². The van der Waals surface area contributed by atoms with Gasteiger partial charge in [-0.1, -0.05) is 0 Å². The number of aromatic nitrogens is 4. The van der Waals surface area contributed by atoms with Gasteiger partial charge in [-0.05, 0) is 55.2 Å². The molecule has 10 heteroatoms. The first-order valence-corrected chi connectivity index (χ1v) is 13.7. The first-order valence-electron chi connectivity index (χ1n) is 13.7. The van der Waals surface area contributed by atoms with Gasteiger partial charge in [-0.3, -0.25) is 9.88 Å². The molecule has 1 aromatic carbocycles. The standard InChI is InChI=1S/C29H29F2N7O/c30-20-1-3-25(31)24(13-20)29-14-19(29)5-7-37(29)27-6-8-38-28(34-27)23(16-33-38)26-4-2-21(15-32-26)35-9-11-36(12-10-35)22-17-39-18-22/h1-4,6,8,13,15-16,19,22H,5,7,9-12,14,17-18H2/t19-,29+/m0/s1. The van der Waals surface area contributed by atoms with Gasteiger partial charge in [0.15, 0.2) is 5.65 Å². The van der Waals surface area contributed by atoms with Crippen molar-refractivity contribution >= 4 is 17.2 Å². The molecule has 4 fully saturated rings. The molecule has 4 aromatic rings. The molecular formula is C29H29F2N7O. The quantitative estimate of drug-likeness (QED) is 0.391. The Bertz CT molecular complexity index is 1550. The van der Waals surface area contributed by atoms with Crippen LogP contribution in [0.4, 0.5) is 20.3 Å². The van der Waals surface area contributed by atoms with E-state index in [0.29, 0.717) is 23.2 Å². The van der Waals surface area contributed by atoms with Gasteiger partial charge in [0.2, 0.25) is 0 Å². The Balaban J connectivity index is 1.07. The first-order chi connectivity index (χ1) is 19.1. The SMILES string of the molecule is Fc1ccc(F)c([C@@]23C[C@@H]2CCN3c2ccn3ncc(-c4ccc(N5CCN(C6COC6)CC5)cn4)c3n2)c1. The van der Waals surface area contributed by atoms with Crippen LogP contribution in [0.25, 0.3) is 16.9 Å². The monoisotopic (exact) mass is 529 g/mol. The minimum absolute atomic E-state index is 0.300. The fraction of sp³-hybridized carbons (Fsp3) is 0.414. The number of ether oxygens (including phenoxy) is 1. The van der Waals surface area contributed by atoms with E-state index in [2.05, 4.69) is 25.9 Å². The van der Waals surface area contributed by atoms with Crippen LogP contribution in [0.1, 0.15) is 18.4 Å². The Morgan fingerprint density at radius 2 is 1.82 bits per heavy atom. The van der Waals surface area contributed by atoms with Crippen LogP contribution < -0.4 is 9.80 Å². The molecule has 8 rings (SSSR count). The fourth-order valence-corrected chi connectivity index (χ4v) is 6.80. The number of fused-ring (bicyclic) bond motifs is 2. The summed E-state index contributed by atoms with van der Waals surface area (Å²) in [5.41, 5.74) is 3.36. The summed E-state index contributed by atoms with van der Waals surface area (Å²) in [5, 5.41) is 4.50. The summed E-state index contributed by atoms with van der Waals surface area (Å²) in [6.45, 7) is 6.48. The normalized spacial score (nSPS) is 25.2. The summed E-state index contributed by atoms with van der Waals surface area (Å²) < 4.78 is 36.1. The lowest BCUT2D eigenvalue weighted by molar-refractivity contribution is -0.0660. The smallest absolute Gasteiger partial charge is 0.166 e. The number of piperazine rings is 1. The van der Waals surface area contributed by atoms with Gasteiger partial charge in [0.25, 0.3) is 0 Å². The zero-order chi connectivity index (χ0) is 26.1. The average molecular weight is 530 g/mol. The summed E-state index contributed by atoms with van der Waals surface area (Å²) in [4.78, 5) is 16.8. The van der Waals surface area contributed by atoms with E-state index in [-0.39, 0.29) is 5.82 Å². The predicted octanol–water partition coefficient (Wildman–Crippen LogP) is 3.72. The highest BCUT2D eigenvalue weighted by molar-refractivity contribution is 5.76. The molecule has 4 aliphatic rings. The molecule has 0 radical (unpaired) electrons. The first kappa shape index (κ1) is 23.3. The topological polar surface area (TPSA) is 62.0 Å². The van der Waals surface area contributed by atoms with Crippen molar-refractivity contribution in [2.75, 3.05) is 55.7 Å². The number of piperidine rings is 1. The number of benzene rings is 1. The number of pyridine rings is 1. The van der Waals surface area contributed by atoms with Gasteiger partial charge in [0, 0.05) is 44.5 Å². The summed E-state index contributed by atoms with van der Waals surface area (Å²) >= 11 is 0. The molecule has 8 nitrogen and oxygen atoms in total. The number of anilines is 2. The van der Waals surface area contributed by atoms with Crippen LogP contribution in [0, 0.1) is 17.6 Å². The molecule has 0 bridgehead atoms. The van der Waals surface area contributed by atoms with Crippen molar-refractivity contribution in [1.82, 2.24) is 24.5 Å². The van der Waals surface area contributed by atoms with Crippen LogP contribution in [0.5, 0.6) is 0 Å². The van der Waals surface area contributed by atoms with Crippen LogP contribution in [0.15, 0.2) is 55.0 Å². The summed E-state index contributed by atoms with van der Waals surface area (Å²) in [6.07, 6.45) is 7.34. The largest absolute Gasteiger partial charge is 0.378 e. The summed E-state index contributed by atoms with van der Waals surface area (Å²) in [7, 11) is 0. The molecule has 0 amide bonds. The zero-order valence-electron chi connectivity index (χ0n) is 21.5. The zero-order valence-corrected chi connectivity index (χ0v) is 21.5. The third-order valence-electron chi connectivity index (χ3n) is 9.12. The number of nitrogens with zero attached hydrogens (tertiary/aromatic N) is 7. The van der Waals surface area contributed by atoms with Crippen molar-refractivity contribution < 1.29 is 13.5 Å². The molecule has 0 N–H and O–H groups in total. The molecule has 3 saturated heterocycles. The van der Waals surface area contributed by atoms with Gasteiger partial charge >= 0.3 is 0 Å². The summed E-state index contributed by atoms with van der Waals surface area (Å²) in [5.74, 6) is 0.275. The number of halogens is 2. The lowest BCUT2D eigenvalue weighted by atomic mass is 10.0. The van der Waals surface area contributed by atoms with Gasteiger partial charge in [0.1, 0.15) is 17.5 Å². The molecule has 3 aliphatic heterocycles. The Labute approximate surface area is 224 Å². The van der Waals surface area contributed by atoms with Gasteiger partial charge < -0.3 is 14.5 Å². The van der Waals surface area contributed by atoms with Crippen LogP contribution in [-0.2, 0) is 10.3 Å². The van der Waals surface area contributed by atoms with Crippen molar-refractivity contribution in [3.8, 4) is 11.3 Å². The third-order valence-corrected chi connectivity index (χ3v) is 9.12. The van der Waals surface area contributed by atoms with E-state index in [4.69, 9.17) is 14.7 Å².